The Morgan fingerprint density at radius 1 is 1.26 bits per heavy atom. The van der Waals surface area contributed by atoms with Crippen LogP contribution in [-0.2, 0) is 4.74 Å². The summed E-state index contributed by atoms with van der Waals surface area (Å²) in [5.74, 6) is -0.135. The Morgan fingerprint density at radius 2 is 2.00 bits per heavy atom. The van der Waals surface area contributed by atoms with Crippen LogP contribution in [0.15, 0.2) is 28.7 Å². The van der Waals surface area contributed by atoms with Crippen molar-refractivity contribution in [3.05, 3.63) is 35.6 Å². The number of likely N-dealkylation sites (N-methyl/N-ethyl adjacent to an activating group) is 1. The number of rotatable bonds is 4. The molecule has 0 spiro atoms. The van der Waals surface area contributed by atoms with Crippen molar-refractivity contribution in [2.24, 2.45) is 0 Å². The zero-order chi connectivity index (χ0) is 14.0. The first-order chi connectivity index (χ1) is 8.85. The molecule has 0 saturated heterocycles. The van der Waals surface area contributed by atoms with E-state index in [0.29, 0.717) is 12.2 Å². The molecule has 1 heterocycles. The lowest BCUT2D eigenvalue weighted by molar-refractivity contribution is -0.870. The summed E-state index contributed by atoms with van der Waals surface area (Å²) in [6.45, 7) is 3.16. The minimum atomic E-state index is -0.401. The van der Waals surface area contributed by atoms with E-state index < -0.39 is 5.97 Å². The molecule has 0 aliphatic carbocycles. The quantitative estimate of drug-likeness (QED) is 0.628. The first-order valence-electron chi connectivity index (χ1n) is 6.33. The second kappa shape index (κ2) is 5.05. The second-order valence-electron chi connectivity index (χ2n) is 5.80. The molecule has 19 heavy (non-hydrogen) atoms. The van der Waals surface area contributed by atoms with Gasteiger partial charge in [0.15, 0.2) is 0 Å². The van der Waals surface area contributed by atoms with E-state index in [1.807, 2.05) is 25.1 Å². The zero-order valence-electron chi connectivity index (χ0n) is 11.9. The molecule has 0 atom stereocenters. The lowest BCUT2D eigenvalue weighted by Crippen LogP contribution is -2.37. The van der Waals surface area contributed by atoms with Gasteiger partial charge < -0.3 is 13.6 Å². The van der Waals surface area contributed by atoms with Crippen molar-refractivity contribution in [2.75, 3.05) is 34.3 Å². The van der Waals surface area contributed by atoms with Crippen LogP contribution in [0.25, 0.3) is 11.0 Å². The molecule has 4 heteroatoms. The van der Waals surface area contributed by atoms with E-state index >= 15 is 0 Å². The van der Waals surface area contributed by atoms with Crippen molar-refractivity contribution in [1.29, 1.82) is 0 Å². The summed E-state index contributed by atoms with van der Waals surface area (Å²) in [6, 6.07) is 7.55. The lowest BCUT2D eigenvalue weighted by Gasteiger charge is -2.23. The Bertz CT molecular complexity index is 593. The average Bonchev–Trinajstić information content (AvgIpc) is 2.70. The predicted molar refractivity (Wildman–Crippen MR) is 74.1 cm³/mol. The van der Waals surface area contributed by atoms with Crippen molar-refractivity contribution in [2.45, 2.75) is 6.92 Å². The van der Waals surface area contributed by atoms with Crippen LogP contribution in [0.2, 0.25) is 0 Å². The Kier molecular flexibility index (Phi) is 3.62. The number of fused-ring (bicyclic) bond motifs is 1. The Hall–Kier alpha value is -1.81. The molecule has 0 aliphatic rings. The first kappa shape index (κ1) is 13.6. The van der Waals surface area contributed by atoms with Crippen molar-refractivity contribution < 1.29 is 18.4 Å². The van der Waals surface area contributed by atoms with Crippen molar-refractivity contribution >= 4 is 16.9 Å². The molecule has 1 aromatic heterocycles. The maximum atomic E-state index is 11.9. The van der Waals surface area contributed by atoms with Crippen molar-refractivity contribution in [1.82, 2.24) is 0 Å². The minimum Gasteiger partial charge on any atom is -0.454 e. The maximum absolute atomic E-state index is 11.9. The van der Waals surface area contributed by atoms with E-state index in [0.717, 1.165) is 22.0 Å². The summed E-state index contributed by atoms with van der Waals surface area (Å²) in [6.07, 6.45) is 0. The van der Waals surface area contributed by atoms with Crippen LogP contribution in [0.1, 0.15) is 16.1 Å². The molecule has 0 aliphatic heterocycles. The van der Waals surface area contributed by atoms with Gasteiger partial charge in [0.1, 0.15) is 18.7 Å². The summed E-state index contributed by atoms with van der Waals surface area (Å²) in [5.41, 5.74) is 1.85. The highest BCUT2D eigenvalue weighted by atomic mass is 16.5. The second-order valence-corrected chi connectivity index (χ2v) is 5.80. The van der Waals surface area contributed by atoms with Gasteiger partial charge in [-0.15, -0.1) is 0 Å². The highest BCUT2D eigenvalue weighted by Gasteiger charge is 2.15. The molecule has 4 nitrogen and oxygen atoms in total. The highest BCUT2D eigenvalue weighted by Crippen LogP contribution is 2.21. The third-order valence-corrected chi connectivity index (χ3v) is 2.87. The van der Waals surface area contributed by atoms with Gasteiger partial charge in [0.2, 0.25) is 5.76 Å². The lowest BCUT2D eigenvalue weighted by atomic mass is 10.2. The summed E-state index contributed by atoms with van der Waals surface area (Å²) in [4.78, 5) is 11.9. The standard InChI is InChI=1S/C15H20NO3/c1-11-5-6-13-12(9-11)10-14(19-13)15(17)18-8-7-16(2,3)4/h5-6,9-10H,7-8H2,1-4H3/q+1. The molecule has 0 N–H and O–H groups in total. The van der Waals surface area contributed by atoms with E-state index in [9.17, 15) is 4.79 Å². The maximum Gasteiger partial charge on any atom is 0.374 e. The van der Waals surface area contributed by atoms with Gasteiger partial charge in [-0.2, -0.15) is 0 Å². The fourth-order valence-corrected chi connectivity index (χ4v) is 1.75. The van der Waals surface area contributed by atoms with Gasteiger partial charge in [-0.05, 0) is 25.1 Å². The Morgan fingerprint density at radius 3 is 2.68 bits per heavy atom. The molecule has 0 bridgehead atoms. The highest BCUT2D eigenvalue weighted by molar-refractivity contribution is 5.92. The molecule has 2 aromatic rings. The number of aryl methyl sites for hydroxylation is 1. The van der Waals surface area contributed by atoms with Crippen LogP contribution in [-0.4, -0.2) is 44.7 Å². The Labute approximate surface area is 113 Å². The van der Waals surface area contributed by atoms with Gasteiger partial charge in [-0.3, -0.25) is 0 Å². The molecule has 0 radical (unpaired) electrons. The molecule has 0 amide bonds. The summed E-state index contributed by atoms with van der Waals surface area (Å²) in [5, 5.41) is 0.929. The molecule has 102 valence electrons. The number of furan rings is 1. The van der Waals surface area contributed by atoms with E-state index in [2.05, 4.69) is 21.1 Å². The number of carbonyl (C=O) groups excluding carboxylic acids is 1. The molecular weight excluding hydrogens is 242 g/mol. The largest absolute Gasteiger partial charge is 0.454 e. The van der Waals surface area contributed by atoms with E-state index in [1.54, 1.807) is 6.07 Å². The third kappa shape index (κ3) is 3.58. The van der Waals surface area contributed by atoms with E-state index in [-0.39, 0.29) is 5.76 Å². The molecular formula is C15H20NO3+. The Balaban J connectivity index is 2.05. The van der Waals surface area contributed by atoms with Gasteiger partial charge in [-0.1, -0.05) is 11.6 Å². The summed E-state index contributed by atoms with van der Waals surface area (Å²) >= 11 is 0. The first-order valence-corrected chi connectivity index (χ1v) is 6.33. The number of hydrogen-bond acceptors (Lipinski definition) is 3. The molecule has 0 fully saturated rings. The fourth-order valence-electron chi connectivity index (χ4n) is 1.75. The monoisotopic (exact) mass is 262 g/mol. The van der Waals surface area contributed by atoms with Crippen LogP contribution >= 0.6 is 0 Å². The number of carbonyl (C=O) groups is 1. The normalized spacial score (nSPS) is 11.8. The van der Waals surface area contributed by atoms with E-state index in [4.69, 9.17) is 9.15 Å². The molecule has 2 rings (SSSR count). The van der Waals surface area contributed by atoms with Gasteiger partial charge in [0.25, 0.3) is 0 Å². The number of quaternary nitrogens is 1. The fraction of sp³-hybridized carbons (Fsp3) is 0.400. The number of benzene rings is 1. The predicted octanol–water partition coefficient (Wildman–Crippen LogP) is 2.60. The van der Waals surface area contributed by atoms with Crippen LogP contribution in [0.3, 0.4) is 0 Å². The molecule has 0 unspecified atom stereocenters. The zero-order valence-corrected chi connectivity index (χ0v) is 11.9. The van der Waals surface area contributed by atoms with Crippen LogP contribution < -0.4 is 0 Å². The summed E-state index contributed by atoms with van der Waals surface area (Å²) in [7, 11) is 6.16. The van der Waals surface area contributed by atoms with Gasteiger partial charge >= 0.3 is 5.97 Å². The number of esters is 1. The van der Waals surface area contributed by atoms with Crippen LogP contribution in [0.4, 0.5) is 0 Å². The SMILES string of the molecule is Cc1ccc2oc(C(=O)OCC[N+](C)(C)C)cc2c1. The smallest absolute Gasteiger partial charge is 0.374 e. The third-order valence-electron chi connectivity index (χ3n) is 2.87. The van der Waals surface area contributed by atoms with Gasteiger partial charge in [-0.25, -0.2) is 4.79 Å². The number of hydrogen-bond donors (Lipinski definition) is 0. The van der Waals surface area contributed by atoms with Crippen LogP contribution in [0.5, 0.6) is 0 Å². The van der Waals surface area contributed by atoms with Crippen molar-refractivity contribution in [3.63, 3.8) is 0 Å². The number of ether oxygens (including phenoxy) is 1. The van der Waals surface area contributed by atoms with Crippen molar-refractivity contribution in [3.8, 4) is 0 Å². The topological polar surface area (TPSA) is 39.4 Å². The summed E-state index contributed by atoms with van der Waals surface area (Å²) < 4.78 is 11.5. The molecule has 0 saturated carbocycles. The van der Waals surface area contributed by atoms with Gasteiger partial charge in [0.05, 0.1) is 21.1 Å². The van der Waals surface area contributed by atoms with Gasteiger partial charge in [0, 0.05) is 5.39 Å². The molecule has 1 aromatic carbocycles. The minimum absolute atomic E-state index is 0.266. The van der Waals surface area contributed by atoms with E-state index in [1.165, 1.54) is 0 Å². The number of nitrogens with zero attached hydrogens (tertiary/aromatic N) is 1. The average molecular weight is 262 g/mol. The van der Waals surface area contributed by atoms with Crippen LogP contribution in [0, 0.1) is 6.92 Å².